The Balaban J connectivity index is 0.00000289. The summed E-state index contributed by atoms with van der Waals surface area (Å²) in [6, 6.07) is -1.36. The molecule has 0 aromatic carbocycles. The summed E-state index contributed by atoms with van der Waals surface area (Å²) in [5.41, 5.74) is 10.1. The molecule has 0 aliphatic heterocycles. The van der Waals surface area contributed by atoms with Gasteiger partial charge >= 0.3 is 0 Å². The van der Waals surface area contributed by atoms with Crippen molar-refractivity contribution in [3.8, 4) is 0 Å². The van der Waals surface area contributed by atoms with Crippen molar-refractivity contribution < 1.29 is 16.4 Å². The first-order valence-electron chi connectivity index (χ1n) is 6.04. The number of rotatable bonds is 4. The third kappa shape index (κ3) is 3.32. The molecule has 0 spiro atoms. The van der Waals surface area contributed by atoms with Crippen LogP contribution in [-0.2, 0) is 9.59 Å². The van der Waals surface area contributed by atoms with E-state index in [2.05, 4.69) is 0 Å². The fraction of sp³-hybridized carbons (Fsp3) is 0.750. The normalized spacial score (nSPS) is 41.5. The molecule has 0 heterocycles. The average molecular weight is 212 g/mol. The van der Waals surface area contributed by atoms with E-state index in [0.717, 1.165) is 0 Å². The topological polar surface area (TPSA) is 86.2 Å². The summed E-state index contributed by atoms with van der Waals surface area (Å²) in [4.78, 5) is 21.7. The number of hydrogen-bond donors (Lipinski definition) is 2. The number of ketones is 1. The summed E-state index contributed by atoms with van der Waals surface area (Å²) in [6.07, 6.45) is -5.33. The molecule has 5 heteroatoms. The zero-order valence-electron chi connectivity index (χ0n) is 11.9. The lowest BCUT2D eigenvalue weighted by atomic mass is 9.80. The van der Waals surface area contributed by atoms with Crippen molar-refractivity contribution in [2.45, 2.75) is 31.6 Å². The van der Waals surface area contributed by atoms with Gasteiger partial charge in [0.05, 0.1) is 6.04 Å². The van der Waals surface area contributed by atoms with E-state index in [4.69, 9.17) is 18.3 Å². The molecule has 0 aromatic heterocycles. The van der Waals surface area contributed by atoms with Gasteiger partial charge in [0.15, 0.2) is 0 Å². The van der Waals surface area contributed by atoms with Crippen LogP contribution in [0, 0.1) is 5.89 Å². The minimum Gasteiger partial charge on any atom is -0.363 e. The Morgan fingerprint density at radius 3 is 2.69 bits per heavy atom. The average Bonchev–Trinajstić information content (AvgIpc) is 2.14. The number of carbonyl (C=O) groups excluding carboxylic acids is 2. The van der Waals surface area contributed by atoms with Crippen molar-refractivity contribution in [1.82, 2.24) is 0 Å². The highest BCUT2D eigenvalue weighted by Crippen LogP contribution is 2.30. The Morgan fingerprint density at radius 1 is 1.69 bits per heavy atom. The Hall–Kier alpha value is -0.610. The zero-order valence-corrected chi connectivity index (χ0v) is 7.69. The number of hydrogen-bond acceptors (Lipinski definition) is 3. The van der Waals surface area contributed by atoms with Crippen LogP contribution in [0.3, 0.4) is 0 Å². The smallest absolute Gasteiger partial charge is 0.286 e. The number of nitrogens with two attached hydrogens (primary N) is 2. The summed E-state index contributed by atoms with van der Waals surface area (Å²) < 4.78 is 37.4. The summed E-state index contributed by atoms with van der Waals surface area (Å²) >= 11 is 0. The van der Waals surface area contributed by atoms with Gasteiger partial charge in [0.25, 0.3) is 5.91 Å². The van der Waals surface area contributed by atoms with Gasteiger partial charge in [-0.1, -0.05) is 19.2 Å². The van der Waals surface area contributed by atoms with Gasteiger partial charge in [-0.25, -0.2) is 0 Å². The van der Waals surface area contributed by atoms with Gasteiger partial charge in [-0.2, -0.15) is 0 Å². The Labute approximate surface area is 90.5 Å². The lowest BCUT2D eigenvalue weighted by Crippen LogP contribution is -2.41. The van der Waals surface area contributed by atoms with Gasteiger partial charge in [0.2, 0.25) is 5.78 Å². The third-order valence-corrected chi connectivity index (χ3v) is 1.61. The third-order valence-electron chi connectivity index (χ3n) is 1.61. The van der Waals surface area contributed by atoms with Gasteiger partial charge in [0, 0.05) is 6.85 Å². The van der Waals surface area contributed by atoms with Gasteiger partial charge < -0.3 is 11.5 Å². The van der Waals surface area contributed by atoms with Crippen LogP contribution in [0.4, 0.5) is 0 Å². The molecular weight excluding hydrogens is 192 g/mol. The molecule has 1 aliphatic carbocycles. The van der Waals surface area contributed by atoms with E-state index in [1.807, 2.05) is 0 Å². The second kappa shape index (κ2) is 5.19. The molecule has 4 N–H and O–H groups in total. The molecule has 0 saturated heterocycles. The SMILES string of the molecule is Cl.[2H]C1([2H])CC([2H])(CC(N)C(=O)C(N)=O)C1([2H])[2H]. The lowest BCUT2D eigenvalue weighted by Gasteiger charge is -2.26. The second-order valence-electron chi connectivity index (χ2n) is 2.62. The number of primary amides is 1. The molecule has 1 fully saturated rings. The lowest BCUT2D eigenvalue weighted by molar-refractivity contribution is -0.137. The Morgan fingerprint density at radius 2 is 2.31 bits per heavy atom. The fourth-order valence-corrected chi connectivity index (χ4v) is 0.877. The monoisotopic (exact) mass is 211 g/mol. The maximum Gasteiger partial charge on any atom is 0.286 e. The Kier molecular flexibility index (Phi) is 2.39. The molecule has 13 heavy (non-hydrogen) atoms. The molecule has 76 valence electrons. The van der Waals surface area contributed by atoms with Crippen molar-refractivity contribution in [2.24, 2.45) is 17.4 Å². The minimum absolute atomic E-state index is 0. The molecule has 2 atom stereocenters. The molecule has 1 rings (SSSR count). The predicted octanol–water partition coefficient (Wildman–Crippen LogP) is -0.0199. The minimum atomic E-state index is -2.41. The Bertz CT molecular complexity index is 378. The van der Waals surface area contributed by atoms with Gasteiger partial charge in [-0.3, -0.25) is 9.59 Å². The highest BCUT2D eigenvalue weighted by molar-refractivity contribution is 6.37. The molecular formula is C8H15ClN2O2. The van der Waals surface area contributed by atoms with E-state index < -0.39 is 42.8 Å². The van der Waals surface area contributed by atoms with E-state index in [1.165, 1.54) is 0 Å². The standard InChI is InChI=1S/C8H14N2O2.ClH/c9-6(7(11)8(10)12)4-5-2-1-3-5;/h5-6H,1-4,9H2,(H2,10,12);1H/i1D2,2D2,5D;. The first kappa shape index (κ1) is 5.98. The maximum absolute atomic E-state index is 11.1. The number of amides is 1. The van der Waals surface area contributed by atoms with Crippen LogP contribution in [0.15, 0.2) is 0 Å². The van der Waals surface area contributed by atoms with E-state index >= 15 is 0 Å². The maximum atomic E-state index is 11.1. The predicted molar refractivity (Wildman–Crippen MR) is 51.4 cm³/mol. The molecule has 2 unspecified atom stereocenters. The summed E-state index contributed by atoms with van der Waals surface area (Å²) in [7, 11) is 0. The summed E-state index contributed by atoms with van der Waals surface area (Å²) in [6.45, 7) is 0. The largest absolute Gasteiger partial charge is 0.363 e. The van der Waals surface area contributed by atoms with E-state index in [1.54, 1.807) is 0 Å². The van der Waals surface area contributed by atoms with Crippen molar-refractivity contribution in [3.05, 3.63) is 0 Å². The van der Waals surface area contributed by atoms with Crippen LogP contribution in [0.1, 0.15) is 32.4 Å². The second-order valence-corrected chi connectivity index (χ2v) is 2.62. The van der Waals surface area contributed by atoms with E-state index in [9.17, 15) is 9.59 Å². The number of Topliss-reactive ketones (excluding diaryl/α,β-unsaturated/α-hetero) is 1. The fourth-order valence-electron chi connectivity index (χ4n) is 0.877. The number of halogens is 1. The van der Waals surface area contributed by atoms with Crippen LogP contribution >= 0.6 is 12.4 Å². The van der Waals surface area contributed by atoms with Gasteiger partial charge in [-0.15, -0.1) is 12.4 Å². The summed E-state index contributed by atoms with van der Waals surface area (Å²) in [5, 5.41) is 0. The van der Waals surface area contributed by atoms with Crippen molar-refractivity contribution in [2.75, 3.05) is 0 Å². The molecule has 0 bridgehead atoms. The van der Waals surface area contributed by atoms with Gasteiger partial charge in [0.1, 0.15) is 0 Å². The first-order chi connectivity index (χ1) is 7.44. The van der Waals surface area contributed by atoms with Crippen LogP contribution in [0.5, 0.6) is 0 Å². The molecule has 1 amide bonds. The van der Waals surface area contributed by atoms with Crippen LogP contribution in [-0.4, -0.2) is 17.7 Å². The van der Waals surface area contributed by atoms with Crippen LogP contribution in [0.25, 0.3) is 0 Å². The van der Waals surface area contributed by atoms with Gasteiger partial charge in [-0.05, 0) is 12.3 Å². The highest BCUT2D eigenvalue weighted by atomic mass is 35.5. The number of carbonyl (C=O) groups is 2. The van der Waals surface area contributed by atoms with Crippen LogP contribution < -0.4 is 11.5 Å². The molecule has 0 radical (unpaired) electrons. The molecule has 1 aliphatic rings. The molecule has 0 aromatic rings. The van der Waals surface area contributed by atoms with Crippen molar-refractivity contribution in [1.29, 1.82) is 0 Å². The molecule has 4 nitrogen and oxygen atoms in total. The van der Waals surface area contributed by atoms with Crippen LogP contribution in [0.2, 0.25) is 0 Å². The first-order valence-corrected chi connectivity index (χ1v) is 3.54. The van der Waals surface area contributed by atoms with Crippen molar-refractivity contribution >= 4 is 24.1 Å². The summed E-state index contributed by atoms with van der Waals surface area (Å²) in [5.74, 6) is -4.11. The van der Waals surface area contributed by atoms with Crippen molar-refractivity contribution in [3.63, 3.8) is 0 Å². The van der Waals surface area contributed by atoms with E-state index in [-0.39, 0.29) is 18.8 Å². The zero-order chi connectivity index (χ0) is 13.6. The molecule has 1 saturated carbocycles. The highest BCUT2D eigenvalue weighted by Gasteiger charge is 2.26. The van der Waals surface area contributed by atoms with E-state index in [0.29, 0.717) is 0 Å². The quantitative estimate of drug-likeness (QED) is 0.641.